The summed E-state index contributed by atoms with van der Waals surface area (Å²) < 4.78 is 39.7. The van der Waals surface area contributed by atoms with Crippen LogP contribution in [-0.4, -0.2) is 9.97 Å². The minimum atomic E-state index is -4.41. The van der Waals surface area contributed by atoms with Gasteiger partial charge >= 0.3 is 6.18 Å². The van der Waals surface area contributed by atoms with Crippen LogP contribution in [0.25, 0.3) is 22.2 Å². The van der Waals surface area contributed by atoms with Crippen LogP contribution in [0.5, 0.6) is 0 Å². The molecule has 0 radical (unpaired) electrons. The Kier molecular flexibility index (Phi) is 3.60. The van der Waals surface area contributed by atoms with Crippen molar-refractivity contribution in [3.05, 3.63) is 52.8 Å². The first-order chi connectivity index (χ1) is 10.4. The molecular weight excluding hydrogens is 313 g/mol. The largest absolute Gasteiger partial charge is 0.417 e. The fraction of sp³-hybridized carbons (Fsp3) is 0.188. The van der Waals surface area contributed by atoms with Crippen LogP contribution in [0.15, 0.2) is 36.5 Å². The van der Waals surface area contributed by atoms with E-state index >= 15 is 0 Å². The molecule has 3 aromatic rings. The molecule has 3 rings (SSSR count). The van der Waals surface area contributed by atoms with Crippen molar-refractivity contribution in [1.82, 2.24) is 9.97 Å². The highest BCUT2D eigenvalue weighted by Crippen LogP contribution is 2.38. The van der Waals surface area contributed by atoms with Gasteiger partial charge < -0.3 is 4.98 Å². The van der Waals surface area contributed by atoms with E-state index in [-0.39, 0.29) is 5.56 Å². The molecule has 1 aromatic carbocycles. The second-order valence-electron chi connectivity index (χ2n) is 5.01. The molecule has 0 saturated heterocycles. The summed E-state index contributed by atoms with van der Waals surface area (Å²) in [5.74, 6) is 0. The van der Waals surface area contributed by atoms with Crippen molar-refractivity contribution in [1.29, 1.82) is 0 Å². The number of nitrogens with one attached hydrogen (secondary N) is 1. The van der Waals surface area contributed by atoms with Gasteiger partial charge in [-0.05, 0) is 36.2 Å². The maximum Gasteiger partial charge on any atom is 0.417 e. The highest BCUT2D eigenvalue weighted by molar-refractivity contribution is 6.30. The zero-order chi connectivity index (χ0) is 15.9. The van der Waals surface area contributed by atoms with Crippen LogP contribution in [0.2, 0.25) is 5.15 Å². The Hall–Kier alpha value is -2.01. The smallest absolute Gasteiger partial charge is 0.354 e. The molecule has 0 unspecified atom stereocenters. The van der Waals surface area contributed by atoms with E-state index in [1.165, 1.54) is 12.3 Å². The van der Waals surface area contributed by atoms with E-state index < -0.39 is 11.7 Å². The topological polar surface area (TPSA) is 28.7 Å². The van der Waals surface area contributed by atoms with E-state index in [0.29, 0.717) is 22.8 Å². The number of aromatic amines is 1. The van der Waals surface area contributed by atoms with Crippen LogP contribution in [0.3, 0.4) is 0 Å². The summed E-state index contributed by atoms with van der Waals surface area (Å²) in [6, 6.07) is 7.46. The lowest BCUT2D eigenvalue weighted by atomic mass is 9.99. The third-order valence-corrected chi connectivity index (χ3v) is 3.77. The van der Waals surface area contributed by atoms with Crippen LogP contribution >= 0.6 is 11.6 Å². The first-order valence-electron chi connectivity index (χ1n) is 6.73. The number of hydrogen-bond acceptors (Lipinski definition) is 1. The molecule has 2 heterocycles. The lowest BCUT2D eigenvalue weighted by Crippen LogP contribution is -2.07. The van der Waals surface area contributed by atoms with Gasteiger partial charge in [-0.3, -0.25) is 0 Å². The van der Waals surface area contributed by atoms with Crippen LogP contribution in [-0.2, 0) is 12.6 Å². The predicted molar refractivity (Wildman–Crippen MR) is 80.9 cm³/mol. The molecule has 1 N–H and O–H groups in total. The van der Waals surface area contributed by atoms with Gasteiger partial charge in [-0.15, -0.1) is 0 Å². The van der Waals surface area contributed by atoms with Gasteiger partial charge in [0.25, 0.3) is 0 Å². The molecule has 0 bridgehead atoms. The monoisotopic (exact) mass is 324 g/mol. The second-order valence-corrected chi connectivity index (χ2v) is 5.40. The van der Waals surface area contributed by atoms with Crippen molar-refractivity contribution in [2.75, 3.05) is 0 Å². The summed E-state index contributed by atoms with van der Waals surface area (Å²) in [5.41, 5.74) is 1.39. The fourth-order valence-electron chi connectivity index (χ4n) is 2.43. The molecule has 0 spiro atoms. The first-order valence-corrected chi connectivity index (χ1v) is 7.11. The molecule has 6 heteroatoms. The summed E-state index contributed by atoms with van der Waals surface area (Å²) in [7, 11) is 0. The molecule has 2 aromatic heterocycles. The molecule has 0 aliphatic heterocycles. The second kappa shape index (κ2) is 5.32. The van der Waals surface area contributed by atoms with Crippen molar-refractivity contribution in [3.8, 4) is 11.3 Å². The van der Waals surface area contributed by atoms with Gasteiger partial charge in [0.05, 0.1) is 11.1 Å². The highest BCUT2D eigenvalue weighted by Gasteiger charge is 2.34. The number of benzene rings is 1. The zero-order valence-corrected chi connectivity index (χ0v) is 12.4. The van der Waals surface area contributed by atoms with Crippen molar-refractivity contribution >= 4 is 22.5 Å². The summed E-state index contributed by atoms with van der Waals surface area (Å²) >= 11 is 5.81. The molecule has 0 saturated carbocycles. The number of rotatable bonds is 2. The average Bonchev–Trinajstić information content (AvgIpc) is 2.88. The molecule has 114 valence electrons. The van der Waals surface area contributed by atoms with E-state index in [2.05, 4.69) is 9.97 Å². The number of pyridine rings is 1. The highest BCUT2D eigenvalue weighted by atomic mass is 35.5. The fourth-order valence-corrected chi connectivity index (χ4v) is 2.58. The average molecular weight is 325 g/mol. The molecule has 22 heavy (non-hydrogen) atoms. The third-order valence-electron chi connectivity index (χ3n) is 3.56. The van der Waals surface area contributed by atoms with Gasteiger partial charge in [-0.25, -0.2) is 4.98 Å². The summed E-state index contributed by atoms with van der Waals surface area (Å²) in [6.45, 7) is 1.90. The van der Waals surface area contributed by atoms with Crippen LogP contribution in [0, 0.1) is 0 Å². The van der Waals surface area contributed by atoms with Crippen molar-refractivity contribution in [3.63, 3.8) is 0 Å². The lowest BCUT2D eigenvalue weighted by Gasteiger charge is -2.13. The lowest BCUT2D eigenvalue weighted by molar-refractivity contribution is -0.137. The van der Waals surface area contributed by atoms with E-state index in [1.807, 2.05) is 6.92 Å². The molecule has 0 amide bonds. The third kappa shape index (κ3) is 2.68. The van der Waals surface area contributed by atoms with Crippen molar-refractivity contribution in [2.24, 2.45) is 0 Å². The molecule has 2 nitrogen and oxygen atoms in total. The summed E-state index contributed by atoms with van der Waals surface area (Å²) in [5, 5.41) is 1.01. The number of hydrogen-bond donors (Lipinski definition) is 1. The van der Waals surface area contributed by atoms with Gasteiger partial charge in [0.15, 0.2) is 0 Å². The molecule has 0 aliphatic carbocycles. The SMILES string of the molecule is CCc1ccc(C(F)(F)F)c(-c2cc3cnc(Cl)cc3[nH]2)c1. The van der Waals surface area contributed by atoms with Gasteiger partial charge in [-0.1, -0.05) is 24.6 Å². The predicted octanol–water partition coefficient (Wildman–Crippen LogP) is 5.46. The number of alkyl halides is 3. The minimum Gasteiger partial charge on any atom is -0.354 e. The number of aryl methyl sites for hydroxylation is 1. The van der Waals surface area contributed by atoms with Crippen LogP contribution in [0.4, 0.5) is 13.2 Å². The summed E-state index contributed by atoms with van der Waals surface area (Å²) in [4.78, 5) is 6.93. The number of nitrogens with zero attached hydrogens (tertiary/aromatic N) is 1. The zero-order valence-electron chi connectivity index (χ0n) is 11.6. The van der Waals surface area contributed by atoms with Gasteiger partial charge in [0.1, 0.15) is 5.15 Å². The Morgan fingerprint density at radius 2 is 1.95 bits per heavy atom. The normalized spacial score (nSPS) is 12.0. The minimum absolute atomic E-state index is 0.138. The Balaban J connectivity index is 2.23. The van der Waals surface area contributed by atoms with Crippen molar-refractivity contribution in [2.45, 2.75) is 19.5 Å². The number of fused-ring (bicyclic) bond motifs is 1. The van der Waals surface area contributed by atoms with E-state index in [1.54, 1.807) is 18.2 Å². The standard InChI is InChI=1S/C16H12ClF3N2/c1-2-9-3-4-12(16(18,19)20)11(5-9)14-6-10-8-21-15(17)7-13(10)22-14/h3-8,22H,2H2,1H3. The van der Waals surface area contributed by atoms with Crippen molar-refractivity contribution < 1.29 is 13.2 Å². The van der Waals surface area contributed by atoms with Crippen LogP contribution in [0.1, 0.15) is 18.1 Å². The molecular formula is C16H12ClF3N2. The number of halogens is 4. The van der Waals surface area contributed by atoms with Gasteiger partial charge in [-0.2, -0.15) is 13.2 Å². The van der Waals surface area contributed by atoms with Gasteiger partial charge in [0.2, 0.25) is 0 Å². The molecule has 0 fully saturated rings. The first kappa shape index (κ1) is 14.9. The van der Waals surface area contributed by atoms with E-state index in [0.717, 1.165) is 17.0 Å². The van der Waals surface area contributed by atoms with E-state index in [4.69, 9.17) is 11.6 Å². The maximum atomic E-state index is 13.2. The Morgan fingerprint density at radius 3 is 2.64 bits per heavy atom. The quantitative estimate of drug-likeness (QED) is 0.623. The Bertz CT molecular complexity index is 837. The number of aromatic nitrogens is 2. The van der Waals surface area contributed by atoms with Crippen LogP contribution < -0.4 is 0 Å². The summed E-state index contributed by atoms with van der Waals surface area (Å²) in [6.07, 6.45) is -2.21. The van der Waals surface area contributed by atoms with E-state index in [9.17, 15) is 13.2 Å². The molecule has 0 aliphatic rings. The molecule has 0 atom stereocenters. The van der Waals surface area contributed by atoms with Gasteiger partial charge in [0, 0.05) is 22.8 Å². The maximum absolute atomic E-state index is 13.2. The Morgan fingerprint density at radius 1 is 1.18 bits per heavy atom. The number of H-pyrrole nitrogens is 1. The Labute approximate surface area is 129 Å².